The third-order valence-electron chi connectivity index (χ3n) is 6.10. The third kappa shape index (κ3) is 8.39. The minimum atomic E-state index is -1.31. The van der Waals surface area contributed by atoms with Gasteiger partial charge in [-0.05, 0) is 39.2 Å². The van der Waals surface area contributed by atoms with Crippen molar-refractivity contribution in [3.8, 4) is 0 Å². The molecule has 0 aliphatic carbocycles. The van der Waals surface area contributed by atoms with Crippen LogP contribution >= 0.6 is 8.03 Å². The van der Waals surface area contributed by atoms with Crippen LogP contribution in [0.4, 0.5) is 0 Å². The van der Waals surface area contributed by atoms with E-state index < -0.39 is 38.0 Å². The zero-order valence-corrected chi connectivity index (χ0v) is 23.2. The maximum Gasteiger partial charge on any atom is 0.330 e. The molecule has 6 atom stereocenters. The van der Waals surface area contributed by atoms with Crippen LogP contribution in [0, 0.1) is 5.92 Å². The van der Waals surface area contributed by atoms with E-state index in [1.54, 1.807) is 0 Å². The first-order valence-electron chi connectivity index (χ1n) is 12.0. The van der Waals surface area contributed by atoms with Gasteiger partial charge in [-0.3, -0.25) is 4.79 Å². The summed E-state index contributed by atoms with van der Waals surface area (Å²) in [5, 5.41) is 0. The molecule has 0 amide bonds. The number of benzene rings is 1. The summed E-state index contributed by atoms with van der Waals surface area (Å²) in [5.74, 6) is -2.60. The fraction of sp³-hybridized carbons (Fsp3) is 0.615. The van der Waals surface area contributed by atoms with Gasteiger partial charge >= 0.3 is 11.9 Å². The Hall–Kier alpha value is -1.77. The summed E-state index contributed by atoms with van der Waals surface area (Å²) in [5.41, 5.74) is 1.60. The molecule has 2 rings (SSSR count). The van der Waals surface area contributed by atoms with E-state index in [0.29, 0.717) is 25.0 Å². The van der Waals surface area contributed by atoms with E-state index in [0.717, 1.165) is 5.56 Å². The van der Waals surface area contributed by atoms with Gasteiger partial charge in [0.15, 0.2) is 6.10 Å². The average Bonchev–Trinajstić information content (AvgIpc) is 2.83. The van der Waals surface area contributed by atoms with E-state index in [1.165, 1.54) is 27.2 Å². The summed E-state index contributed by atoms with van der Waals surface area (Å²) in [4.78, 5) is 24.2. The van der Waals surface area contributed by atoms with Gasteiger partial charge in [0.25, 0.3) is 0 Å². The largest absolute Gasteiger partial charge is 0.466 e. The van der Waals surface area contributed by atoms with Gasteiger partial charge in [-0.1, -0.05) is 44.2 Å². The number of methoxy groups -OCH3 is 2. The Balaban J connectivity index is 2.33. The molecule has 1 saturated heterocycles. The molecule has 1 unspecified atom stereocenters. The Kier molecular flexibility index (Phi) is 12.1. The van der Waals surface area contributed by atoms with Crippen molar-refractivity contribution in [2.75, 3.05) is 20.9 Å². The molecule has 0 spiro atoms. The van der Waals surface area contributed by atoms with Crippen LogP contribution in [0.5, 0.6) is 0 Å². The Morgan fingerprint density at radius 1 is 1.22 bits per heavy atom. The summed E-state index contributed by atoms with van der Waals surface area (Å²) >= 11 is 0. The molecular formula is C26H38BO8P. The molecular weight excluding hydrogens is 482 g/mol. The Labute approximate surface area is 217 Å². The van der Waals surface area contributed by atoms with Crippen LogP contribution in [-0.2, 0) is 44.4 Å². The number of esters is 2. The fourth-order valence-corrected chi connectivity index (χ4v) is 5.01. The second kappa shape index (κ2) is 14.2. The quantitative estimate of drug-likeness (QED) is 0.175. The highest BCUT2D eigenvalue weighted by atomic mass is 31.1. The Morgan fingerprint density at radius 2 is 1.89 bits per heavy atom. The molecule has 0 bridgehead atoms. The predicted molar refractivity (Wildman–Crippen MR) is 139 cm³/mol. The van der Waals surface area contributed by atoms with Gasteiger partial charge in [-0.15, -0.1) is 0 Å². The lowest BCUT2D eigenvalue weighted by Gasteiger charge is -2.49. The second-order valence-corrected chi connectivity index (χ2v) is 10.5. The van der Waals surface area contributed by atoms with Gasteiger partial charge in [-0.25, -0.2) is 4.79 Å². The van der Waals surface area contributed by atoms with Crippen LogP contribution in [0.15, 0.2) is 42.0 Å². The predicted octanol–water partition coefficient (Wildman–Crippen LogP) is 4.30. The van der Waals surface area contributed by atoms with Crippen LogP contribution in [-0.4, -0.2) is 70.6 Å². The van der Waals surface area contributed by atoms with Crippen molar-refractivity contribution in [2.45, 2.75) is 77.3 Å². The summed E-state index contributed by atoms with van der Waals surface area (Å²) in [6, 6.07) is 9.87. The number of carbonyl (C=O) groups is 2. The highest BCUT2D eigenvalue weighted by Gasteiger charge is 2.53. The first kappa shape index (κ1) is 30.5. The molecule has 8 nitrogen and oxygen atoms in total. The highest BCUT2D eigenvalue weighted by Crippen LogP contribution is 2.43. The van der Waals surface area contributed by atoms with E-state index >= 15 is 0 Å². The van der Waals surface area contributed by atoms with Gasteiger partial charge in [0.2, 0.25) is 5.79 Å². The molecule has 0 aromatic heterocycles. The number of ether oxygens (including phenoxy) is 5. The normalized spacial score (nSPS) is 25.8. The van der Waals surface area contributed by atoms with Crippen LogP contribution in [0.2, 0.25) is 0 Å². The third-order valence-corrected chi connectivity index (χ3v) is 6.71. The smallest absolute Gasteiger partial charge is 0.330 e. The molecule has 198 valence electrons. The highest BCUT2D eigenvalue weighted by molar-refractivity contribution is 7.77. The van der Waals surface area contributed by atoms with E-state index in [4.69, 9.17) is 35.8 Å². The van der Waals surface area contributed by atoms with Crippen LogP contribution in [0.3, 0.4) is 0 Å². The lowest BCUT2D eigenvalue weighted by molar-refractivity contribution is -0.322. The van der Waals surface area contributed by atoms with E-state index in [9.17, 15) is 9.59 Å². The maximum atomic E-state index is 12.2. The molecule has 1 aliphatic heterocycles. The molecule has 1 fully saturated rings. The molecule has 1 aliphatic rings. The van der Waals surface area contributed by atoms with Gasteiger partial charge in [0.05, 0.1) is 32.0 Å². The summed E-state index contributed by atoms with van der Waals surface area (Å²) in [7, 11) is 7.67. The standard InChI is InChI=1S/C26H38BO8P/c1-17(2)26(31-6)25(33-19(4)28)21(14-24(29)30-5)13-22(34-26)15-23(35-36(7)27)18(3)32-16-20-11-9-8-10-12-20/h8-12,14,17-18,22-23,25H,13,15-16H2,1-7H3/b21-14+/t18-,22-,23+,25-,26-,36?/m0/s1. The lowest BCUT2D eigenvalue weighted by atomic mass is 9.84. The van der Waals surface area contributed by atoms with Crippen molar-refractivity contribution in [2.24, 2.45) is 5.92 Å². The minimum absolute atomic E-state index is 0.223. The molecule has 2 radical (unpaired) electrons. The van der Waals surface area contributed by atoms with Crippen molar-refractivity contribution in [3.63, 3.8) is 0 Å². The van der Waals surface area contributed by atoms with E-state index in [2.05, 4.69) is 0 Å². The van der Waals surface area contributed by atoms with Gasteiger partial charge in [0, 0.05) is 32.4 Å². The average molecular weight is 520 g/mol. The lowest BCUT2D eigenvalue weighted by Crippen LogP contribution is -2.59. The number of hydrogen-bond acceptors (Lipinski definition) is 8. The van der Waals surface area contributed by atoms with Crippen LogP contribution in [0.25, 0.3) is 0 Å². The summed E-state index contributed by atoms with van der Waals surface area (Å²) in [6.07, 6.45) is 0.0478. The van der Waals surface area contributed by atoms with Gasteiger partial charge in [0.1, 0.15) is 7.57 Å². The molecule has 36 heavy (non-hydrogen) atoms. The molecule has 1 aromatic rings. The zero-order valence-electron chi connectivity index (χ0n) is 22.3. The molecule has 0 saturated carbocycles. The summed E-state index contributed by atoms with van der Waals surface area (Å²) < 4.78 is 35.1. The Morgan fingerprint density at radius 3 is 2.42 bits per heavy atom. The van der Waals surface area contributed by atoms with Crippen molar-refractivity contribution in [1.29, 1.82) is 0 Å². The first-order chi connectivity index (χ1) is 17.0. The maximum absolute atomic E-state index is 12.2. The van der Waals surface area contributed by atoms with Crippen molar-refractivity contribution >= 4 is 27.5 Å². The van der Waals surface area contributed by atoms with Crippen LogP contribution in [0.1, 0.15) is 46.1 Å². The minimum Gasteiger partial charge on any atom is -0.466 e. The van der Waals surface area contributed by atoms with Crippen LogP contribution < -0.4 is 0 Å². The molecule has 10 heteroatoms. The van der Waals surface area contributed by atoms with Crippen molar-refractivity contribution in [1.82, 2.24) is 0 Å². The topological polar surface area (TPSA) is 89.5 Å². The molecule has 1 aromatic carbocycles. The van der Waals surface area contributed by atoms with Gasteiger partial charge < -0.3 is 28.2 Å². The van der Waals surface area contributed by atoms with Gasteiger partial charge in [-0.2, -0.15) is 0 Å². The van der Waals surface area contributed by atoms with E-state index in [1.807, 2.05) is 57.8 Å². The number of hydrogen-bond donors (Lipinski definition) is 0. The van der Waals surface area contributed by atoms with Crippen molar-refractivity contribution < 1.29 is 37.8 Å². The van der Waals surface area contributed by atoms with E-state index in [-0.39, 0.29) is 18.1 Å². The number of carbonyl (C=O) groups excluding carboxylic acids is 2. The second-order valence-electron chi connectivity index (χ2n) is 9.18. The van der Waals surface area contributed by atoms with Crippen molar-refractivity contribution in [3.05, 3.63) is 47.5 Å². The monoisotopic (exact) mass is 520 g/mol. The molecule has 1 heterocycles. The SMILES string of the molecule is [B]P(C)O[C@H](C[C@@H]1C/C(=C\C(=O)OC)[C@H](OC(C)=O)[C@](OC)(C(C)C)O1)[C@H](C)OCc1ccccc1. The zero-order chi connectivity index (χ0) is 26.9. The Bertz CT molecular complexity index is 878. The molecule has 0 N–H and O–H groups in total. The first-order valence-corrected chi connectivity index (χ1v) is 13.8. The summed E-state index contributed by atoms with van der Waals surface area (Å²) in [6.45, 7) is 9.31. The number of rotatable bonds is 12. The fourth-order valence-electron chi connectivity index (χ4n) is 4.32.